The number of anilines is 1. The zero-order valence-electron chi connectivity index (χ0n) is 15.3. The standard InChI is InChI=1S/C20H21N5O2/c1-13-19(15-4-6-18(21)25-12-15)16(7-8-22-13)14-3-5-17(24-11-14)20(26)23-9-10-27-2/h3-8,11-12H,9-10H2,1-2H3,(H2,21,25)(H,23,26). The highest BCUT2D eigenvalue weighted by Gasteiger charge is 2.13. The number of hydrogen-bond acceptors (Lipinski definition) is 6. The third-order valence-electron chi connectivity index (χ3n) is 4.11. The average molecular weight is 363 g/mol. The molecule has 1 amide bonds. The number of ether oxygens (including phenoxy) is 1. The van der Waals surface area contributed by atoms with Gasteiger partial charge in [0.15, 0.2) is 0 Å². The Kier molecular flexibility index (Phi) is 5.73. The second kappa shape index (κ2) is 8.37. The van der Waals surface area contributed by atoms with E-state index in [0.29, 0.717) is 24.7 Å². The molecule has 0 radical (unpaired) electrons. The van der Waals surface area contributed by atoms with E-state index in [9.17, 15) is 4.79 Å². The predicted molar refractivity (Wildman–Crippen MR) is 104 cm³/mol. The number of pyridine rings is 3. The first-order chi connectivity index (χ1) is 13.1. The van der Waals surface area contributed by atoms with Crippen molar-refractivity contribution in [1.82, 2.24) is 20.3 Å². The van der Waals surface area contributed by atoms with Crippen LogP contribution in [0.1, 0.15) is 16.2 Å². The van der Waals surface area contributed by atoms with E-state index >= 15 is 0 Å². The number of carbonyl (C=O) groups excluding carboxylic acids is 1. The van der Waals surface area contributed by atoms with Crippen LogP contribution in [0.25, 0.3) is 22.3 Å². The molecule has 27 heavy (non-hydrogen) atoms. The molecule has 3 N–H and O–H groups in total. The molecule has 0 bridgehead atoms. The Morgan fingerprint density at radius 2 is 1.85 bits per heavy atom. The molecule has 138 valence electrons. The molecule has 7 nitrogen and oxygen atoms in total. The van der Waals surface area contributed by atoms with Crippen LogP contribution in [0.15, 0.2) is 48.9 Å². The molecular weight excluding hydrogens is 342 g/mol. The van der Waals surface area contributed by atoms with Gasteiger partial charge in [-0.25, -0.2) is 4.98 Å². The zero-order chi connectivity index (χ0) is 19.2. The summed E-state index contributed by atoms with van der Waals surface area (Å²) in [7, 11) is 1.59. The summed E-state index contributed by atoms with van der Waals surface area (Å²) in [6.45, 7) is 2.84. The largest absolute Gasteiger partial charge is 0.384 e. The van der Waals surface area contributed by atoms with Crippen molar-refractivity contribution in [2.24, 2.45) is 0 Å². The molecule has 0 aromatic carbocycles. The van der Waals surface area contributed by atoms with E-state index in [2.05, 4.69) is 20.3 Å². The molecule has 0 fully saturated rings. The molecule has 3 rings (SSSR count). The highest BCUT2D eigenvalue weighted by molar-refractivity contribution is 5.93. The van der Waals surface area contributed by atoms with Crippen LogP contribution >= 0.6 is 0 Å². The van der Waals surface area contributed by atoms with Crippen molar-refractivity contribution in [3.63, 3.8) is 0 Å². The summed E-state index contributed by atoms with van der Waals surface area (Å²) < 4.78 is 4.92. The Hall–Kier alpha value is -3.32. The minimum Gasteiger partial charge on any atom is -0.384 e. The molecular formula is C20H21N5O2. The highest BCUT2D eigenvalue weighted by Crippen LogP contribution is 2.33. The van der Waals surface area contributed by atoms with Crippen LogP contribution < -0.4 is 11.1 Å². The van der Waals surface area contributed by atoms with E-state index in [1.54, 1.807) is 37.8 Å². The van der Waals surface area contributed by atoms with Gasteiger partial charge < -0.3 is 15.8 Å². The van der Waals surface area contributed by atoms with Crippen LogP contribution in [0.5, 0.6) is 0 Å². The summed E-state index contributed by atoms with van der Waals surface area (Å²) in [5, 5.41) is 2.75. The average Bonchev–Trinajstić information content (AvgIpc) is 2.69. The third kappa shape index (κ3) is 4.27. The van der Waals surface area contributed by atoms with Gasteiger partial charge >= 0.3 is 0 Å². The van der Waals surface area contributed by atoms with Crippen LogP contribution in [-0.4, -0.2) is 41.1 Å². The first-order valence-corrected chi connectivity index (χ1v) is 8.51. The maximum Gasteiger partial charge on any atom is 0.269 e. The van der Waals surface area contributed by atoms with Gasteiger partial charge in [0.1, 0.15) is 11.5 Å². The lowest BCUT2D eigenvalue weighted by atomic mass is 9.95. The van der Waals surface area contributed by atoms with Gasteiger partial charge in [-0.05, 0) is 36.8 Å². The zero-order valence-corrected chi connectivity index (χ0v) is 15.3. The van der Waals surface area contributed by atoms with Crippen molar-refractivity contribution in [3.05, 3.63) is 60.3 Å². The fourth-order valence-corrected chi connectivity index (χ4v) is 2.77. The molecule has 3 heterocycles. The number of nitrogens with zero attached hydrogens (tertiary/aromatic N) is 3. The van der Waals surface area contributed by atoms with Crippen molar-refractivity contribution >= 4 is 11.7 Å². The van der Waals surface area contributed by atoms with Gasteiger partial charge in [0.2, 0.25) is 0 Å². The minimum absolute atomic E-state index is 0.229. The molecule has 0 saturated heterocycles. The lowest BCUT2D eigenvalue weighted by Crippen LogP contribution is -2.27. The fraction of sp³-hybridized carbons (Fsp3) is 0.200. The molecule has 3 aromatic rings. The van der Waals surface area contributed by atoms with Gasteiger partial charge in [-0.1, -0.05) is 6.07 Å². The van der Waals surface area contributed by atoms with E-state index in [1.807, 2.05) is 25.1 Å². The van der Waals surface area contributed by atoms with E-state index in [1.165, 1.54) is 0 Å². The molecule has 7 heteroatoms. The second-order valence-electron chi connectivity index (χ2n) is 5.97. The number of rotatable bonds is 6. The quantitative estimate of drug-likeness (QED) is 0.652. The number of aromatic nitrogens is 3. The Morgan fingerprint density at radius 1 is 1.07 bits per heavy atom. The molecule has 0 unspecified atom stereocenters. The van der Waals surface area contributed by atoms with Gasteiger partial charge in [-0.2, -0.15) is 0 Å². The van der Waals surface area contributed by atoms with Crippen LogP contribution in [0.3, 0.4) is 0 Å². The fourth-order valence-electron chi connectivity index (χ4n) is 2.77. The smallest absolute Gasteiger partial charge is 0.269 e. The molecule has 0 aliphatic heterocycles. The third-order valence-corrected chi connectivity index (χ3v) is 4.11. The van der Waals surface area contributed by atoms with E-state index in [-0.39, 0.29) is 5.91 Å². The summed E-state index contributed by atoms with van der Waals surface area (Å²) in [6, 6.07) is 9.19. The summed E-state index contributed by atoms with van der Waals surface area (Å²) in [4.78, 5) is 25.0. The van der Waals surface area contributed by atoms with Crippen molar-refractivity contribution in [2.45, 2.75) is 6.92 Å². The first-order valence-electron chi connectivity index (χ1n) is 8.51. The van der Waals surface area contributed by atoms with Gasteiger partial charge in [0.25, 0.3) is 5.91 Å². The number of carbonyl (C=O) groups is 1. The molecule has 0 spiro atoms. The number of amides is 1. The topological polar surface area (TPSA) is 103 Å². The molecule has 0 atom stereocenters. The highest BCUT2D eigenvalue weighted by atomic mass is 16.5. The van der Waals surface area contributed by atoms with E-state index in [4.69, 9.17) is 10.5 Å². The van der Waals surface area contributed by atoms with Crippen LogP contribution in [0.4, 0.5) is 5.82 Å². The Morgan fingerprint density at radius 3 is 2.52 bits per heavy atom. The minimum atomic E-state index is -0.229. The van der Waals surface area contributed by atoms with Crippen molar-refractivity contribution in [1.29, 1.82) is 0 Å². The van der Waals surface area contributed by atoms with E-state index < -0.39 is 0 Å². The molecule has 0 saturated carbocycles. The maximum atomic E-state index is 12.1. The molecule has 0 aliphatic carbocycles. The Balaban J connectivity index is 1.92. The summed E-state index contributed by atoms with van der Waals surface area (Å²) in [6.07, 6.45) is 5.17. The number of methoxy groups -OCH3 is 1. The van der Waals surface area contributed by atoms with Crippen LogP contribution in [0.2, 0.25) is 0 Å². The number of hydrogen-bond donors (Lipinski definition) is 2. The van der Waals surface area contributed by atoms with Crippen molar-refractivity contribution in [3.8, 4) is 22.3 Å². The number of nitrogens with two attached hydrogens (primary N) is 1. The molecule has 0 aliphatic rings. The van der Waals surface area contributed by atoms with Gasteiger partial charge in [-0.15, -0.1) is 0 Å². The second-order valence-corrected chi connectivity index (χ2v) is 5.97. The van der Waals surface area contributed by atoms with Gasteiger partial charge in [0.05, 0.1) is 6.61 Å². The van der Waals surface area contributed by atoms with Crippen molar-refractivity contribution < 1.29 is 9.53 Å². The SMILES string of the molecule is COCCNC(=O)c1ccc(-c2ccnc(C)c2-c2ccc(N)nc2)cn1. The maximum absolute atomic E-state index is 12.1. The summed E-state index contributed by atoms with van der Waals surface area (Å²) in [5.41, 5.74) is 10.7. The molecule has 3 aromatic heterocycles. The van der Waals surface area contributed by atoms with Crippen LogP contribution in [0, 0.1) is 6.92 Å². The lowest BCUT2D eigenvalue weighted by Gasteiger charge is -2.12. The predicted octanol–water partition coefficient (Wildman–Crippen LogP) is 2.47. The van der Waals surface area contributed by atoms with Gasteiger partial charge in [0, 0.05) is 54.6 Å². The Bertz CT molecular complexity index is 924. The van der Waals surface area contributed by atoms with Crippen LogP contribution in [-0.2, 0) is 4.74 Å². The number of aryl methyl sites for hydroxylation is 1. The Labute approximate surface area is 157 Å². The lowest BCUT2D eigenvalue weighted by molar-refractivity contribution is 0.0932. The normalized spacial score (nSPS) is 10.6. The summed E-state index contributed by atoms with van der Waals surface area (Å²) >= 11 is 0. The first kappa shape index (κ1) is 18.5. The van der Waals surface area contributed by atoms with Gasteiger partial charge in [-0.3, -0.25) is 14.8 Å². The summed E-state index contributed by atoms with van der Waals surface area (Å²) in [5.74, 6) is 0.236. The number of nitrogens with one attached hydrogen (secondary N) is 1. The number of nitrogen functional groups attached to an aromatic ring is 1. The monoisotopic (exact) mass is 363 g/mol. The van der Waals surface area contributed by atoms with E-state index in [0.717, 1.165) is 27.9 Å². The van der Waals surface area contributed by atoms with Crippen molar-refractivity contribution in [2.75, 3.05) is 26.0 Å².